The van der Waals surface area contributed by atoms with Gasteiger partial charge < -0.3 is 20.2 Å². The van der Waals surface area contributed by atoms with E-state index in [-0.39, 0.29) is 0 Å². The summed E-state index contributed by atoms with van der Waals surface area (Å²) in [7, 11) is 0. The van der Waals surface area contributed by atoms with Gasteiger partial charge in [0.25, 0.3) is 0 Å². The number of nitrogens with two attached hydrogens (primary N) is 1. The van der Waals surface area contributed by atoms with Crippen LogP contribution < -0.4 is 11.1 Å². The first kappa shape index (κ1) is 16.0. The smallest absolute Gasteiger partial charge is 0.127 e. The number of rotatable bonds is 4. The van der Waals surface area contributed by atoms with Crippen molar-refractivity contribution in [3.63, 3.8) is 0 Å². The minimum absolute atomic E-state index is 0.438. The fraction of sp³-hybridized carbons (Fsp3) is 0.350. The van der Waals surface area contributed by atoms with Crippen LogP contribution in [0.1, 0.15) is 29.9 Å². The molecule has 0 atom stereocenters. The molecule has 3 N–H and O–H groups in total. The summed E-state index contributed by atoms with van der Waals surface area (Å²) in [5, 5.41) is 4.75. The average Bonchev–Trinajstić information content (AvgIpc) is 3.02. The summed E-state index contributed by atoms with van der Waals surface area (Å²) in [4.78, 5) is 4.60. The van der Waals surface area contributed by atoms with Gasteiger partial charge in [-0.1, -0.05) is 6.07 Å². The number of nitrogens with zero attached hydrogens (tertiary/aromatic N) is 1. The Balaban J connectivity index is 1.67. The van der Waals surface area contributed by atoms with Gasteiger partial charge in [-0.3, -0.25) is 0 Å². The minimum atomic E-state index is 0.438. The second-order valence-electron chi connectivity index (χ2n) is 6.63. The largest absolute Gasteiger partial charge is 0.466 e. The van der Waals surface area contributed by atoms with E-state index in [2.05, 4.69) is 22.4 Å². The number of benzene rings is 1. The van der Waals surface area contributed by atoms with E-state index >= 15 is 0 Å². The van der Waals surface area contributed by atoms with Gasteiger partial charge in [0.1, 0.15) is 17.3 Å². The van der Waals surface area contributed by atoms with Gasteiger partial charge >= 0.3 is 0 Å². The predicted molar refractivity (Wildman–Crippen MR) is 99.9 cm³/mol. The lowest BCUT2D eigenvalue weighted by Gasteiger charge is -2.25. The van der Waals surface area contributed by atoms with E-state index < -0.39 is 0 Å². The summed E-state index contributed by atoms with van der Waals surface area (Å²) < 4.78 is 11.1. The summed E-state index contributed by atoms with van der Waals surface area (Å²) in [6, 6.07) is 12.7. The number of fused-ring (bicyclic) bond motifs is 1. The molecule has 0 spiro atoms. The molecular formula is C20H23N3O2. The Kier molecular flexibility index (Phi) is 4.32. The Labute approximate surface area is 147 Å². The molecule has 1 saturated heterocycles. The highest BCUT2D eigenvalue weighted by atomic mass is 16.5. The Morgan fingerprint density at radius 3 is 2.80 bits per heavy atom. The van der Waals surface area contributed by atoms with Crippen molar-refractivity contribution in [2.45, 2.75) is 32.2 Å². The van der Waals surface area contributed by atoms with Crippen LogP contribution in [0.15, 0.2) is 40.8 Å². The van der Waals surface area contributed by atoms with Crippen LogP contribution in [0, 0.1) is 6.92 Å². The van der Waals surface area contributed by atoms with Crippen molar-refractivity contribution >= 4 is 22.4 Å². The maximum atomic E-state index is 6.19. The maximum absolute atomic E-state index is 6.19. The van der Waals surface area contributed by atoms with E-state index in [0.717, 1.165) is 59.7 Å². The molecule has 0 amide bonds. The summed E-state index contributed by atoms with van der Waals surface area (Å²) in [5.74, 6) is 2.37. The van der Waals surface area contributed by atoms with Crippen molar-refractivity contribution in [3.05, 3.63) is 53.5 Å². The first-order valence-corrected chi connectivity index (χ1v) is 8.77. The zero-order valence-electron chi connectivity index (χ0n) is 14.4. The molecule has 1 aliphatic rings. The van der Waals surface area contributed by atoms with Crippen molar-refractivity contribution < 1.29 is 9.15 Å². The Bertz CT molecular complexity index is 882. The second kappa shape index (κ2) is 6.76. The predicted octanol–water partition coefficient (Wildman–Crippen LogP) is 3.90. The third-order valence-electron chi connectivity index (χ3n) is 4.71. The van der Waals surface area contributed by atoms with E-state index in [4.69, 9.17) is 14.9 Å². The standard InChI is InChI=1S/C20H23N3O2/c1-13-5-6-16(25-13)11-14-12-17-18(22-15-7-9-24-10-8-15)3-2-4-19(17)23-20(14)21/h2-6,12,15,22H,7-11H2,1H3,(H2,21,23). The Morgan fingerprint density at radius 2 is 2.04 bits per heavy atom. The summed E-state index contributed by atoms with van der Waals surface area (Å²) in [6.07, 6.45) is 2.70. The molecule has 130 valence electrons. The van der Waals surface area contributed by atoms with E-state index in [1.807, 2.05) is 31.2 Å². The van der Waals surface area contributed by atoms with Gasteiger partial charge in [-0.25, -0.2) is 4.98 Å². The van der Waals surface area contributed by atoms with Gasteiger partial charge in [-0.2, -0.15) is 0 Å². The molecule has 1 aromatic carbocycles. The number of furan rings is 1. The third kappa shape index (κ3) is 3.46. The van der Waals surface area contributed by atoms with E-state index in [1.165, 1.54) is 0 Å². The number of nitrogen functional groups attached to an aromatic ring is 1. The van der Waals surface area contributed by atoms with Crippen molar-refractivity contribution in [2.24, 2.45) is 0 Å². The molecule has 3 heterocycles. The van der Waals surface area contributed by atoms with Gasteiger partial charge in [-0.05, 0) is 50.1 Å². The Hall–Kier alpha value is -2.53. The molecule has 0 saturated carbocycles. The molecule has 1 fully saturated rings. The molecule has 3 aromatic rings. The number of anilines is 2. The fourth-order valence-electron chi connectivity index (χ4n) is 3.35. The lowest BCUT2D eigenvalue weighted by Crippen LogP contribution is -2.27. The van der Waals surface area contributed by atoms with Crippen LogP contribution >= 0.6 is 0 Å². The molecule has 5 nitrogen and oxygen atoms in total. The van der Waals surface area contributed by atoms with Gasteiger partial charge in [0, 0.05) is 42.3 Å². The molecule has 5 heteroatoms. The van der Waals surface area contributed by atoms with E-state index in [0.29, 0.717) is 18.3 Å². The topological polar surface area (TPSA) is 73.3 Å². The molecule has 25 heavy (non-hydrogen) atoms. The average molecular weight is 337 g/mol. The highest BCUT2D eigenvalue weighted by Gasteiger charge is 2.15. The molecule has 0 bridgehead atoms. The lowest BCUT2D eigenvalue weighted by atomic mass is 10.0. The minimum Gasteiger partial charge on any atom is -0.466 e. The highest BCUT2D eigenvalue weighted by molar-refractivity contribution is 5.93. The van der Waals surface area contributed by atoms with E-state index in [9.17, 15) is 0 Å². The van der Waals surface area contributed by atoms with Crippen molar-refractivity contribution in [3.8, 4) is 0 Å². The summed E-state index contributed by atoms with van der Waals surface area (Å²) in [6.45, 7) is 3.58. The molecule has 1 aliphatic heterocycles. The second-order valence-corrected chi connectivity index (χ2v) is 6.63. The highest BCUT2D eigenvalue weighted by Crippen LogP contribution is 2.28. The number of hydrogen-bond donors (Lipinski definition) is 2. The SMILES string of the molecule is Cc1ccc(Cc2cc3c(NC4CCOCC4)cccc3nc2N)o1. The molecule has 0 unspecified atom stereocenters. The van der Waals surface area contributed by atoms with Crippen LogP contribution in [0.2, 0.25) is 0 Å². The quantitative estimate of drug-likeness (QED) is 0.755. The van der Waals surface area contributed by atoms with Crippen molar-refractivity contribution in [1.82, 2.24) is 4.98 Å². The van der Waals surface area contributed by atoms with Crippen LogP contribution in [-0.4, -0.2) is 24.2 Å². The van der Waals surface area contributed by atoms with Gasteiger partial charge in [0.05, 0.1) is 5.52 Å². The maximum Gasteiger partial charge on any atom is 0.127 e. The van der Waals surface area contributed by atoms with Crippen LogP contribution in [-0.2, 0) is 11.2 Å². The molecule has 4 rings (SSSR count). The Morgan fingerprint density at radius 1 is 1.20 bits per heavy atom. The first-order chi connectivity index (χ1) is 12.2. The number of nitrogens with one attached hydrogen (secondary N) is 1. The number of hydrogen-bond acceptors (Lipinski definition) is 5. The monoisotopic (exact) mass is 337 g/mol. The van der Waals surface area contributed by atoms with Crippen LogP contribution in [0.25, 0.3) is 10.9 Å². The summed E-state index contributed by atoms with van der Waals surface area (Å²) >= 11 is 0. The normalized spacial score (nSPS) is 15.6. The number of pyridine rings is 1. The fourth-order valence-corrected chi connectivity index (χ4v) is 3.35. The molecule has 2 aromatic heterocycles. The van der Waals surface area contributed by atoms with Crippen molar-refractivity contribution in [1.29, 1.82) is 0 Å². The van der Waals surface area contributed by atoms with Gasteiger partial charge in [0.2, 0.25) is 0 Å². The third-order valence-corrected chi connectivity index (χ3v) is 4.71. The molecule has 0 aliphatic carbocycles. The van der Waals surface area contributed by atoms with Crippen molar-refractivity contribution in [2.75, 3.05) is 24.3 Å². The summed E-state index contributed by atoms with van der Waals surface area (Å²) in [5.41, 5.74) is 9.19. The van der Waals surface area contributed by atoms with E-state index in [1.54, 1.807) is 0 Å². The van der Waals surface area contributed by atoms with Gasteiger partial charge in [0.15, 0.2) is 0 Å². The zero-order chi connectivity index (χ0) is 17.2. The zero-order valence-corrected chi connectivity index (χ0v) is 14.4. The molecular weight excluding hydrogens is 314 g/mol. The van der Waals surface area contributed by atoms with Crippen LogP contribution in [0.4, 0.5) is 11.5 Å². The molecule has 0 radical (unpaired) electrons. The van der Waals surface area contributed by atoms with Gasteiger partial charge in [-0.15, -0.1) is 0 Å². The number of aromatic nitrogens is 1. The first-order valence-electron chi connectivity index (χ1n) is 8.77. The number of ether oxygens (including phenoxy) is 1. The van der Waals surface area contributed by atoms with Crippen LogP contribution in [0.5, 0.6) is 0 Å². The van der Waals surface area contributed by atoms with Crippen LogP contribution in [0.3, 0.4) is 0 Å². The lowest BCUT2D eigenvalue weighted by molar-refractivity contribution is 0.0905. The number of aryl methyl sites for hydroxylation is 1.